The lowest BCUT2D eigenvalue weighted by molar-refractivity contribution is 0.621. The first-order chi connectivity index (χ1) is 10.1. The molecule has 2 aromatic carbocycles. The standard InChI is InChI=1S/C15H10BrClFIN2/c16-9-3-1-2-4-13(9)21-14-7-10(18)11(19)8-12(14)20-15(21)5-6-17/h1-4,7-8H,5-6H2. The Morgan fingerprint density at radius 3 is 2.76 bits per heavy atom. The third-order valence-corrected chi connectivity index (χ3v) is 4.86. The Bertz CT molecular complexity index is 819. The van der Waals surface area contributed by atoms with Crippen molar-refractivity contribution in [1.29, 1.82) is 0 Å². The number of imidazole rings is 1. The summed E-state index contributed by atoms with van der Waals surface area (Å²) in [5, 5.41) is 0. The van der Waals surface area contributed by atoms with Crippen LogP contribution in [0, 0.1) is 9.39 Å². The van der Waals surface area contributed by atoms with Crippen LogP contribution >= 0.6 is 50.1 Å². The van der Waals surface area contributed by atoms with Crippen LogP contribution in [0.3, 0.4) is 0 Å². The fraction of sp³-hybridized carbons (Fsp3) is 0.133. The third-order valence-electron chi connectivity index (χ3n) is 3.18. The van der Waals surface area contributed by atoms with E-state index in [2.05, 4.69) is 20.9 Å². The predicted octanol–water partition coefficient (Wildman–Crippen LogP) is 5.31. The van der Waals surface area contributed by atoms with Crippen LogP contribution < -0.4 is 0 Å². The van der Waals surface area contributed by atoms with Gasteiger partial charge in [-0.1, -0.05) is 12.1 Å². The second-order valence-electron chi connectivity index (χ2n) is 4.51. The smallest absolute Gasteiger partial charge is 0.138 e. The first-order valence-electron chi connectivity index (χ1n) is 6.29. The summed E-state index contributed by atoms with van der Waals surface area (Å²) < 4.78 is 17.4. The Balaban J connectivity index is 2.35. The van der Waals surface area contributed by atoms with Crippen molar-refractivity contribution in [2.24, 2.45) is 0 Å². The zero-order valence-electron chi connectivity index (χ0n) is 10.8. The lowest BCUT2D eigenvalue weighted by Gasteiger charge is -2.10. The summed E-state index contributed by atoms with van der Waals surface area (Å²) in [5.41, 5.74) is 2.46. The molecular weight excluding hydrogens is 469 g/mol. The number of aryl methyl sites for hydroxylation is 1. The van der Waals surface area contributed by atoms with Crippen LogP contribution in [-0.2, 0) is 6.42 Å². The molecule has 3 aromatic rings. The number of para-hydroxylation sites is 1. The van der Waals surface area contributed by atoms with Crippen molar-refractivity contribution in [2.75, 3.05) is 5.88 Å². The van der Waals surface area contributed by atoms with E-state index in [0.717, 1.165) is 27.0 Å². The molecule has 0 fully saturated rings. The molecular formula is C15H10BrClFIN2. The molecule has 0 radical (unpaired) electrons. The van der Waals surface area contributed by atoms with Gasteiger partial charge in [0.1, 0.15) is 11.6 Å². The fourth-order valence-corrected chi connectivity index (χ4v) is 3.36. The molecule has 2 nitrogen and oxygen atoms in total. The summed E-state index contributed by atoms with van der Waals surface area (Å²) in [7, 11) is 0. The van der Waals surface area contributed by atoms with Gasteiger partial charge < -0.3 is 0 Å². The van der Waals surface area contributed by atoms with Crippen molar-refractivity contribution >= 4 is 61.2 Å². The molecule has 0 aliphatic heterocycles. The lowest BCUT2D eigenvalue weighted by Crippen LogP contribution is -2.03. The van der Waals surface area contributed by atoms with Crippen molar-refractivity contribution in [3.63, 3.8) is 0 Å². The van der Waals surface area contributed by atoms with E-state index < -0.39 is 0 Å². The van der Waals surface area contributed by atoms with E-state index in [1.807, 2.05) is 51.4 Å². The minimum absolute atomic E-state index is 0.242. The van der Waals surface area contributed by atoms with Crippen molar-refractivity contribution in [3.05, 3.63) is 56.1 Å². The number of nitrogens with zero attached hydrogens (tertiary/aromatic N) is 2. The summed E-state index contributed by atoms with van der Waals surface area (Å²) in [6, 6.07) is 11.1. The average molecular weight is 480 g/mol. The molecule has 0 N–H and O–H groups in total. The molecule has 1 aromatic heterocycles. The molecule has 0 saturated carbocycles. The van der Waals surface area contributed by atoms with Gasteiger partial charge in [0.2, 0.25) is 0 Å². The molecule has 0 spiro atoms. The first-order valence-corrected chi connectivity index (χ1v) is 8.69. The molecule has 0 aliphatic rings. The largest absolute Gasteiger partial charge is 0.295 e. The zero-order chi connectivity index (χ0) is 15.0. The zero-order valence-corrected chi connectivity index (χ0v) is 15.3. The van der Waals surface area contributed by atoms with Crippen LogP contribution in [0.2, 0.25) is 0 Å². The Hall–Kier alpha value is -0.660. The number of hydrogen-bond acceptors (Lipinski definition) is 1. The number of rotatable bonds is 3. The molecule has 21 heavy (non-hydrogen) atoms. The fourth-order valence-electron chi connectivity index (χ4n) is 2.28. The van der Waals surface area contributed by atoms with E-state index in [1.54, 1.807) is 6.07 Å². The van der Waals surface area contributed by atoms with E-state index in [9.17, 15) is 4.39 Å². The maximum atomic E-state index is 14.0. The summed E-state index contributed by atoms with van der Waals surface area (Å²) >= 11 is 11.4. The quantitative estimate of drug-likeness (QED) is 0.368. The van der Waals surface area contributed by atoms with Gasteiger partial charge in [-0.3, -0.25) is 4.57 Å². The SMILES string of the molecule is Fc1cc2c(cc1I)nc(CCCl)n2-c1ccccc1Br. The van der Waals surface area contributed by atoms with Crippen molar-refractivity contribution < 1.29 is 4.39 Å². The molecule has 0 unspecified atom stereocenters. The number of hydrogen-bond donors (Lipinski definition) is 0. The highest BCUT2D eigenvalue weighted by Crippen LogP contribution is 2.29. The van der Waals surface area contributed by atoms with Crippen LogP contribution in [0.15, 0.2) is 40.9 Å². The lowest BCUT2D eigenvalue weighted by atomic mass is 10.2. The van der Waals surface area contributed by atoms with E-state index in [4.69, 9.17) is 11.6 Å². The highest BCUT2D eigenvalue weighted by Gasteiger charge is 2.16. The maximum Gasteiger partial charge on any atom is 0.138 e. The third kappa shape index (κ3) is 2.83. The highest BCUT2D eigenvalue weighted by molar-refractivity contribution is 14.1. The monoisotopic (exact) mass is 478 g/mol. The second kappa shape index (κ2) is 6.22. The highest BCUT2D eigenvalue weighted by atomic mass is 127. The first kappa shape index (κ1) is 15.2. The molecule has 0 saturated heterocycles. The Labute approximate surface area is 148 Å². The Morgan fingerprint density at radius 1 is 1.29 bits per heavy atom. The Morgan fingerprint density at radius 2 is 2.05 bits per heavy atom. The number of alkyl halides is 1. The molecule has 6 heteroatoms. The normalized spacial score (nSPS) is 11.2. The number of aromatic nitrogens is 2. The molecule has 0 amide bonds. The summed E-state index contributed by atoms with van der Waals surface area (Å²) in [4.78, 5) is 4.61. The van der Waals surface area contributed by atoms with Gasteiger partial charge in [0.25, 0.3) is 0 Å². The van der Waals surface area contributed by atoms with Gasteiger partial charge in [-0.05, 0) is 56.7 Å². The molecule has 0 bridgehead atoms. The molecule has 0 aliphatic carbocycles. The molecule has 1 heterocycles. The van der Waals surface area contributed by atoms with Gasteiger partial charge >= 0.3 is 0 Å². The van der Waals surface area contributed by atoms with Crippen LogP contribution in [-0.4, -0.2) is 15.4 Å². The average Bonchev–Trinajstić information content (AvgIpc) is 2.78. The molecule has 3 rings (SSSR count). The van der Waals surface area contributed by atoms with E-state index >= 15 is 0 Å². The van der Waals surface area contributed by atoms with Gasteiger partial charge in [0.05, 0.1) is 20.3 Å². The number of benzene rings is 2. The van der Waals surface area contributed by atoms with Crippen LogP contribution in [0.4, 0.5) is 4.39 Å². The van der Waals surface area contributed by atoms with Gasteiger partial charge in [-0.15, -0.1) is 11.6 Å². The Kier molecular flexibility index (Phi) is 4.51. The van der Waals surface area contributed by atoms with Crippen LogP contribution in [0.5, 0.6) is 0 Å². The van der Waals surface area contributed by atoms with Gasteiger partial charge in [-0.25, -0.2) is 9.37 Å². The summed E-state index contributed by atoms with van der Waals surface area (Å²) in [5.74, 6) is 1.05. The summed E-state index contributed by atoms with van der Waals surface area (Å²) in [6.45, 7) is 0. The number of halogens is 4. The van der Waals surface area contributed by atoms with Crippen molar-refractivity contribution in [2.45, 2.75) is 6.42 Å². The predicted molar refractivity (Wildman–Crippen MR) is 95.9 cm³/mol. The van der Waals surface area contributed by atoms with Gasteiger partial charge in [0, 0.05) is 22.8 Å². The second-order valence-corrected chi connectivity index (χ2v) is 6.90. The van der Waals surface area contributed by atoms with E-state index in [1.165, 1.54) is 6.07 Å². The minimum Gasteiger partial charge on any atom is -0.295 e. The van der Waals surface area contributed by atoms with E-state index in [0.29, 0.717) is 15.9 Å². The van der Waals surface area contributed by atoms with Crippen molar-refractivity contribution in [3.8, 4) is 5.69 Å². The molecule has 0 atom stereocenters. The minimum atomic E-state index is -0.242. The van der Waals surface area contributed by atoms with Crippen molar-refractivity contribution in [1.82, 2.24) is 9.55 Å². The van der Waals surface area contributed by atoms with E-state index in [-0.39, 0.29) is 5.82 Å². The van der Waals surface area contributed by atoms with Gasteiger partial charge in [0.15, 0.2) is 0 Å². The molecule has 108 valence electrons. The number of fused-ring (bicyclic) bond motifs is 1. The maximum absolute atomic E-state index is 14.0. The topological polar surface area (TPSA) is 17.8 Å². The van der Waals surface area contributed by atoms with Crippen LogP contribution in [0.1, 0.15) is 5.82 Å². The summed E-state index contributed by atoms with van der Waals surface area (Å²) in [6.07, 6.45) is 0.621. The van der Waals surface area contributed by atoms with Gasteiger partial charge in [-0.2, -0.15) is 0 Å². The van der Waals surface area contributed by atoms with Crippen LogP contribution in [0.25, 0.3) is 16.7 Å².